The maximum absolute atomic E-state index is 13.6. The van der Waals surface area contributed by atoms with Crippen LogP contribution in [-0.4, -0.2) is 36.9 Å². The van der Waals surface area contributed by atoms with Crippen LogP contribution in [0.25, 0.3) is 11.1 Å². The van der Waals surface area contributed by atoms with Gasteiger partial charge in [-0.25, -0.2) is 0 Å². The van der Waals surface area contributed by atoms with Crippen molar-refractivity contribution in [3.8, 4) is 0 Å². The second kappa shape index (κ2) is 15.3. The number of anilines is 1. The van der Waals surface area contributed by atoms with Gasteiger partial charge in [-0.3, -0.25) is 9.79 Å². The van der Waals surface area contributed by atoms with E-state index < -0.39 is 0 Å². The Hall–Kier alpha value is -3.92. The van der Waals surface area contributed by atoms with Gasteiger partial charge < -0.3 is 9.64 Å². The van der Waals surface area contributed by atoms with E-state index in [9.17, 15) is 4.79 Å². The number of aryl methyl sites for hydroxylation is 1. The number of aliphatic imine (C=N–C) groups is 1. The molecule has 1 saturated carbocycles. The van der Waals surface area contributed by atoms with Gasteiger partial charge in [0.1, 0.15) is 6.10 Å². The molecule has 2 aliphatic rings. The number of benzene rings is 3. The molecule has 0 aliphatic heterocycles. The van der Waals surface area contributed by atoms with Crippen molar-refractivity contribution in [3.05, 3.63) is 113 Å². The summed E-state index contributed by atoms with van der Waals surface area (Å²) in [5.41, 5.74) is 10.6. The van der Waals surface area contributed by atoms with E-state index in [2.05, 4.69) is 152 Å². The first-order chi connectivity index (χ1) is 23.3. The van der Waals surface area contributed by atoms with Crippen molar-refractivity contribution in [1.82, 2.24) is 0 Å². The second-order valence-corrected chi connectivity index (χ2v) is 16.3. The molecule has 0 spiro atoms. The molecule has 0 N–H and O–H groups in total. The fourth-order valence-corrected chi connectivity index (χ4v) is 7.38. The Kier molecular flexibility index (Phi) is 11.4. The van der Waals surface area contributed by atoms with E-state index in [1.54, 1.807) is 0 Å². The van der Waals surface area contributed by atoms with Gasteiger partial charge in [-0.1, -0.05) is 114 Å². The van der Waals surface area contributed by atoms with Gasteiger partial charge in [0.15, 0.2) is 0 Å². The van der Waals surface area contributed by atoms with Crippen LogP contribution in [0.5, 0.6) is 0 Å². The molecule has 0 amide bonds. The molecule has 2 aliphatic carbocycles. The lowest BCUT2D eigenvalue weighted by molar-refractivity contribution is -0.161. The van der Waals surface area contributed by atoms with Crippen LogP contribution < -0.4 is 4.90 Å². The highest BCUT2D eigenvalue weighted by molar-refractivity contribution is 6.19. The molecule has 1 fully saturated rings. The van der Waals surface area contributed by atoms with E-state index in [0.29, 0.717) is 0 Å². The molecule has 0 radical (unpaired) electrons. The minimum Gasteiger partial charge on any atom is -0.462 e. The lowest BCUT2D eigenvalue weighted by Crippen LogP contribution is -2.37. The minimum absolute atomic E-state index is 0.0489. The number of esters is 1. The number of fused-ring (bicyclic) bond motifs is 1. The Morgan fingerprint density at radius 2 is 1.45 bits per heavy atom. The summed E-state index contributed by atoms with van der Waals surface area (Å²) in [7, 11) is 0. The summed E-state index contributed by atoms with van der Waals surface area (Å²) in [5, 5.41) is 0. The maximum atomic E-state index is 13.6. The molecule has 260 valence electrons. The molecule has 4 nitrogen and oxygen atoms in total. The molecule has 0 heterocycles. The second-order valence-electron chi connectivity index (χ2n) is 16.3. The number of nitrogens with zero attached hydrogens (tertiary/aromatic N) is 2. The van der Waals surface area contributed by atoms with Crippen molar-refractivity contribution in [2.75, 3.05) is 18.0 Å². The summed E-state index contributed by atoms with van der Waals surface area (Å²) in [4.78, 5) is 21.3. The molecule has 4 heteroatoms. The monoisotopic (exact) mass is 658 g/mol. The predicted octanol–water partition coefficient (Wildman–Crippen LogP) is 11.1. The fourth-order valence-electron chi connectivity index (χ4n) is 7.38. The van der Waals surface area contributed by atoms with Gasteiger partial charge in [0.05, 0.1) is 17.7 Å². The van der Waals surface area contributed by atoms with Crippen LogP contribution in [0, 0.1) is 23.7 Å². The fraction of sp³-hybridized carbons (Fsp3) is 0.467. The summed E-state index contributed by atoms with van der Waals surface area (Å²) in [6.07, 6.45) is 8.88. The van der Waals surface area contributed by atoms with E-state index >= 15 is 0 Å². The molecule has 0 saturated heterocycles. The van der Waals surface area contributed by atoms with Crippen molar-refractivity contribution in [2.24, 2.45) is 21.7 Å². The number of hydrogen-bond donors (Lipinski definition) is 0. The van der Waals surface area contributed by atoms with Crippen LogP contribution in [0.15, 0.2) is 89.9 Å². The molecule has 3 aromatic rings. The average Bonchev–Trinajstić information content (AvgIpc) is 3.06. The molecule has 0 aromatic heterocycles. The van der Waals surface area contributed by atoms with Crippen molar-refractivity contribution < 1.29 is 9.53 Å². The third kappa shape index (κ3) is 9.01. The summed E-state index contributed by atoms with van der Waals surface area (Å²) in [6, 6.07) is 26.7. The summed E-state index contributed by atoms with van der Waals surface area (Å²) < 4.78 is 6.27. The van der Waals surface area contributed by atoms with Crippen LogP contribution in [0.1, 0.15) is 115 Å². The molecule has 3 aromatic carbocycles. The third-order valence-electron chi connectivity index (χ3n) is 10.1. The maximum Gasteiger partial charge on any atom is 0.309 e. The van der Waals surface area contributed by atoms with Crippen molar-refractivity contribution in [2.45, 2.75) is 107 Å². The Balaban J connectivity index is 1.46. The van der Waals surface area contributed by atoms with Gasteiger partial charge in [-0.05, 0) is 103 Å². The molecular weight excluding hydrogens is 601 g/mol. The zero-order chi connectivity index (χ0) is 35.3. The van der Waals surface area contributed by atoms with Crippen molar-refractivity contribution >= 4 is 28.5 Å². The molecular formula is C45H58N2O2. The first kappa shape index (κ1) is 36.4. The van der Waals surface area contributed by atoms with Gasteiger partial charge in [0, 0.05) is 30.8 Å². The Morgan fingerprint density at radius 3 is 2.04 bits per heavy atom. The SMILES string of the molecule is CCN(CC)c1ccc(C(=C2C=CC(=NC3CCCC(OC(=O)C(CC(C)(C)C)C(C)(C)C)C3)c3ccccc32)c2ccc(C)cc2)cc1. The topological polar surface area (TPSA) is 41.9 Å². The first-order valence-corrected chi connectivity index (χ1v) is 18.5. The van der Waals surface area contributed by atoms with Gasteiger partial charge in [-0.15, -0.1) is 0 Å². The van der Waals surface area contributed by atoms with Gasteiger partial charge in [0.25, 0.3) is 0 Å². The lowest BCUT2D eigenvalue weighted by atomic mass is 9.72. The predicted molar refractivity (Wildman–Crippen MR) is 208 cm³/mol. The number of carbonyl (C=O) groups excluding carboxylic acids is 1. The zero-order valence-electron chi connectivity index (χ0n) is 31.5. The third-order valence-corrected chi connectivity index (χ3v) is 10.1. The number of allylic oxidation sites excluding steroid dienone is 3. The molecule has 49 heavy (non-hydrogen) atoms. The highest BCUT2D eigenvalue weighted by Crippen LogP contribution is 2.40. The smallest absolute Gasteiger partial charge is 0.309 e. The van der Waals surface area contributed by atoms with E-state index in [4.69, 9.17) is 9.73 Å². The highest BCUT2D eigenvalue weighted by atomic mass is 16.5. The van der Waals surface area contributed by atoms with Crippen LogP contribution >= 0.6 is 0 Å². The van der Waals surface area contributed by atoms with E-state index in [1.165, 1.54) is 39.1 Å². The van der Waals surface area contributed by atoms with Gasteiger partial charge in [0.2, 0.25) is 0 Å². The first-order valence-electron chi connectivity index (χ1n) is 18.5. The van der Waals surface area contributed by atoms with E-state index in [-0.39, 0.29) is 34.9 Å². The quantitative estimate of drug-likeness (QED) is 0.215. The molecule has 3 unspecified atom stereocenters. The van der Waals surface area contributed by atoms with Crippen molar-refractivity contribution in [1.29, 1.82) is 0 Å². The van der Waals surface area contributed by atoms with Crippen LogP contribution in [0.4, 0.5) is 5.69 Å². The highest BCUT2D eigenvalue weighted by Gasteiger charge is 2.37. The van der Waals surface area contributed by atoms with Gasteiger partial charge in [-0.2, -0.15) is 0 Å². The zero-order valence-corrected chi connectivity index (χ0v) is 31.5. The van der Waals surface area contributed by atoms with Gasteiger partial charge >= 0.3 is 5.97 Å². The lowest BCUT2D eigenvalue weighted by Gasteiger charge is -2.36. The minimum atomic E-state index is -0.147. The summed E-state index contributed by atoms with van der Waals surface area (Å²) in [6.45, 7) is 21.6. The Labute approximate surface area is 296 Å². The van der Waals surface area contributed by atoms with Crippen molar-refractivity contribution in [3.63, 3.8) is 0 Å². The normalized spacial score (nSPS) is 20.5. The van der Waals surface area contributed by atoms with E-state index in [0.717, 1.165) is 56.5 Å². The van der Waals surface area contributed by atoms with Crippen LogP contribution in [-0.2, 0) is 9.53 Å². The largest absolute Gasteiger partial charge is 0.462 e. The summed E-state index contributed by atoms with van der Waals surface area (Å²) >= 11 is 0. The summed E-state index contributed by atoms with van der Waals surface area (Å²) in [5.74, 6) is -0.180. The standard InChI is InChI=1S/C45H58N2O2/c1-10-47(11-2)35-25-23-33(24-26-35)42(32-21-19-31(3)20-22-32)39-27-28-41(38-18-13-12-17-37(38)39)46-34-15-14-16-36(29-34)49-43(48)40(45(7,8)9)30-44(4,5)6/h12-13,17-28,34,36,40H,10-11,14-16,29-30H2,1-9H3. The molecule has 3 atom stereocenters. The average molecular weight is 659 g/mol. The number of hydrogen-bond acceptors (Lipinski definition) is 4. The van der Waals surface area contributed by atoms with Crippen LogP contribution in [0.3, 0.4) is 0 Å². The number of ether oxygens (including phenoxy) is 1. The molecule has 5 rings (SSSR count). The Bertz CT molecular complexity index is 1680. The van der Waals surface area contributed by atoms with E-state index in [1.807, 2.05) is 0 Å². The number of carbonyl (C=O) groups is 1. The molecule has 0 bridgehead atoms. The van der Waals surface area contributed by atoms with Crippen LogP contribution in [0.2, 0.25) is 0 Å². The number of rotatable bonds is 9. The Morgan fingerprint density at radius 1 is 0.837 bits per heavy atom.